The second kappa shape index (κ2) is 45.8. The molecule has 0 saturated heterocycles. The van der Waals surface area contributed by atoms with E-state index in [4.69, 9.17) is 0 Å². The lowest BCUT2D eigenvalue weighted by molar-refractivity contribution is 0.0327. The van der Waals surface area contributed by atoms with Gasteiger partial charge in [0.25, 0.3) is 0 Å². The number of hydrogen-bond donors (Lipinski definition) is 0. The van der Waals surface area contributed by atoms with Gasteiger partial charge in [0.05, 0.1) is 0 Å². The van der Waals surface area contributed by atoms with Crippen LogP contribution in [0.15, 0.2) is 38.0 Å². The fourth-order valence-electron chi connectivity index (χ4n) is 19.0. The van der Waals surface area contributed by atoms with Crippen LogP contribution >= 0.6 is 0 Å². The zero-order valence-electron chi connectivity index (χ0n) is 53.6. The maximum Gasteiger partial charge on any atom is 0.103 e. The highest BCUT2D eigenvalue weighted by Gasteiger charge is 2.43. The summed E-state index contributed by atoms with van der Waals surface area (Å²) in [5, 5.41) is 0. The van der Waals surface area contributed by atoms with E-state index >= 15 is 13.2 Å². The first-order valence-electron chi connectivity index (χ1n) is 33.8. The second-order valence-electron chi connectivity index (χ2n) is 28.8. The molecule has 0 spiro atoms. The molecule has 83 heavy (non-hydrogen) atoms. The first-order valence-corrected chi connectivity index (χ1v) is 33.8. The summed E-state index contributed by atoms with van der Waals surface area (Å²) in [6.45, 7) is 18.6. The lowest BCUT2D eigenvalue weighted by Gasteiger charge is -2.43. The Kier molecular flexibility index (Phi) is 47.4. The average molecular weight is 1190 g/mol. The van der Waals surface area contributed by atoms with Crippen molar-refractivity contribution in [3.8, 4) is 0 Å². The van der Waals surface area contributed by atoms with Gasteiger partial charge in [-0.25, -0.2) is 13.2 Å². The van der Waals surface area contributed by atoms with E-state index in [0.717, 1.165) is 91.8 Å². The quantitative estimate of drug-likeness (QED) is 0.123. The predicted octanol–water partition coefficient (Wildman–Crippen LogP) is 15.4. The van der Waals surface area contributed by atoms with Gasteiger partial charge in [0, 0.05) is 0 Å². The van der Waals surface area contributed by atoms with Crippen LogP contribution in [-0.4, -0.2) is 67.8 Å². The largest absolute Gasteiger partial charge is 0.412 e. The number of alkyl halides is 3. The van der Waals surface area contributed by atoms with Crippen molar-refractivity contribution >= 4 is 0 Å². The average Bonchev–Trinajstić information content (AvgIpc) is 3.43. The normalized spacial score (nSPS) is 38.6. The van der Waals surface area contributed by atoms with Gasteiger partial charge in [-0.3, -0.25) is 0 Å². The molecule has 0 aromatic rings. The molecule has 0 aromatic heterocycles. The highest BCUT2D eigenvalue weighted by molar-refractivity contribution is 4.94. The molecule has 18 N–H and O–H groups in total. The summed E-state index contributed by atoms with van der Waals surface area (Å²) in [6.07, 6.45) is 57.4. The SMILES string of the molecule is C=CCCC1CCC(C2CCC(C3CCC(C)CC3)CC2F)CC1.C=CCCC1CCC(C2CCC(C3CCC(C)CC3)CC2F)CC1.C=CCCC1CCC(C2CCC(C3CCC(CCC)CC3)CC2F)CC1.O.O.O.O.O.O.O.O.O. The van der Waals surface area contributed by atoms with Crippen LogP contribution in [0.2, 0.25) is 0 Å². The molecule has 0 heterocycles. The Morgan fingerprint density at radius 2 is 0.482 bits per heavy atom. The molecule has 9 aliphatic rings. The first kappa shape index (κ1) is 85.9. The minimum Gasteiger partial charge on any atom is -0.412 e. The van der Waals surface area contributed by atoms with Crippen molar-refractivity contribution in [3.05, 3.63) is 38.0 Å². The summed E-state index contributed by atoms with van der Waals surface area (Å²) in [4.78, 5) is 0. The maximum atomic E-state index is 15.1. The standard InChI is InChI=1S/C25H43F.2C23H39F.9H2O/c1-3-5-7-20-10-14-22(15-11-20)24-17-16-23(18-25(24)26)21-12-8-19(6-4-2)9-13-21;2*1-3-4-5-18-8-12-20(13-9-18)22-15-14-21(16-23(22)24)19-10-6-17(2)7-11-19;;;;;;;;;/h3,19-25H,1,4-18H2,2H3;2*3,17-23H,1,4-16H2,2H3;9*1H2. The second-order valence-corrected chi connectivity index (χ2v) is 28.8. The fourth-order valence-corrected chi connectivity index (χ4v) is 19.0. The Morgan fingerprint density at radius 1 is 0.277 bits per heavy atom. The van der Waals surface area contributed by atoms with Gasteiger partial charge < -0.3 is 49.3 Å². The molecular weight excluding hydrogens is 1050 g/mol. The number of allylic oxidation sites excluding steroid dienone is 3. The molecule has 9 atom stereocenters. The zero-order chi connectivity index (χ0) is 52.2. The summed E-state index contributed by atoms with van der Waals surface area (Å²) in [5.41, 5.74) is 0. The maximum absolute atomic E-state index is 15.1. The van der Waals surface area contributed by atoms with Crippen molar-refractivity contribution in [2.45, 2.75) is 303 Å². The number of halogens is 3. The third kappa shape index (κ3) is 26.7. The molecular formula is C71H139F3O9. The monoisotopic (exact) mass is 1190 g/mol. The molecule has 0 aliphatic heterocycles. The third-order valence-electron chi connectivity index (χ3n) is 24.1. The topological polar surface area (TPSA) is 284 Å². The van der Waals surface area contributed by atoms with Crippen LogP contribution in [0.25, 0.3) is 0 Å². The van der Waals surface area contributed by atoms with Crippen molar-refractivity contribution in [1.82, 2.24) is 0 Å². The van der Waals surface area contributed by atoms with Gasteiger partial charge >= 0.3 is 0 Å². The van der Waals surface area contributed by atoms with Crippen molar-refractivity contribution in [2.24, 2.45) is 107 Å². The Balaban J connectivity index is -0.00000110. The number of rotatable bonds is 17. The molecule has 0 aromatic carbocycles. The molecule has 498 valence electrons. The minimum absolute atomic E-state index is 0. The van der Waals surface area contributed by atoms with Gasteiger partial charge in [0.1, 0.15) is 18.5 Å². The van der Waals surface area contributed by atoms with Crippen LogP contribution in [0.1, 0.15) is 284 Å². The Hall–Kier alpha value is -1.35. The van der Waals surface area contributed by atoms with Gasteiger partial charge in [-0.1, -0.05) is 129 Å². The Morgan fingerprint density at radius 3 is 0.699 bits per heavy atom. The van der Waals surface area contributed by atoms with Crippen molar-refractivity contribution in [1.29, 1.82) is 0 Å². The van der Waals surface area contributed by atoms with Crippen molar-refractivity contribution in [2.75, 3.05) is 0 Å². The summed E-state index contributed by atoms with van der Waals surface area (Å²) < 4.78 is 45.1. The Labute approximate surface area is 507 Å². The fraction of sp³-hybridized carbons (Fsp3) is 0.915. The summed E-state index contributed by atoms with van der Waals surface area (Å²) >= 11 is 0. The van der Waals surface area contributed by atoms with Gasteiger partial charge in [-0.2, -0.15) is 0 Å². The van der Waals surface area contributed by atoms with E-state index < -0.39 is 18.5 Å². The molecule has 12 heteroatoms. The van der Waals surface area contributed by atoms with Gasteiger partial charge in [-0.15, -0.1) is 19.7 Å². The summed E-state index contributed by atoms with van der Waals surface area (Å²) in [7, 11) is 0. The van der Waals surface area contributed by atoms with E-state index in [-0.39, 0.29) is 49.3 Å². The first-order chi connectivity index (χ1) is 36.0. The van der Waals surface area contributed by atoms with Gasteiger partial charge in [-0.05, 0) is 280 Å². The lowest BCUT2D eigenvalue weighted by atomic mass is 9.64. The van der Waals surface area contributed by atoms with Crippen molar-refractivity contribution in [3.63, 3.8) is 0 Å². The Bertz CT molecular complexity index is 1470. The predicted molar refractivity (Wildman–Crippen MR) is 347 cm³/mol. The van der Waals surface area contributed by atoms with Crippen LogP contribution < -0.4 is 0 Å². The molecule has 9 unspecified atom stereocenters. The lowest BCUT2D eigenvalue weighted by Crippen LogP contribution is -2.36. The molecule has 0 bridgehead atoms. The zero-order valence-corrected chi connectivity index (χ0v) is 53.6. The molecule has 9 saturated carbocycles. The highest BCUT2D eigenvalue weighted by atomic mass is 19.1. The molecule has 0 radical (unpaired) electrons. The van der Waals surface area contributed by atoms with Crippen LogP contribution in [-0.2, 0) is 0 Å². The van der Waals surface area contributed by atoms with Crippen LogP contribution in [0.3, 0.4) is 0 Å². The van der Waals surface area contributed by atoms with E-state index in [1.54, 1.807) is 0 Å². The third-order valence-corrected chi connectivity index (χ3v) is 24.1. The molecule has 9 rings (SSSR count). The summed E-state index contributed by atoms with van der Waals surface area (Å²) in [6, 6.07) is 0. The molecule has 9 fully saturated rings. The van der Waals surface area contributed by atoms with E-state index in [0.29, 0.717) is 53.3 Å². The molecule has 9 aliphatic carbocycles. The van der Waals surface area contributed by atoms with E-state index in [9.17, 15) is 0 Å². The van der Waals surface area contributed by atoms with E-state index in [1.807, 2.05) is 0 Å². The van der Waals surface area contributed by atoms with Gasteiger partial charge in [0.15, 0.2) is 0 Å². The van der Waals surface area contributed by atoms with Crippen LogP contribution in [0.5, 0.6) is 0 Å². The van der Waals surface area contributed by atoms with Gasteiger partial charge in [0.2, 0.25) is 0 Å². The minimum atomic E-state index is -0.503. The van der Waals surface area contributed by atoms with E-state index in [2.05, 4.69) is 58.7 Å². The molecule has 0 amide bonds. The van der Waals surface area contributed by atoms with Crippen molar-refractivity contribution < 1.29 is 62.5 Å². The van der Waals surface area contributed by atoms with Crippen LogP contribution in [0.4, 0.5) is 13.2 Å². The smallest absolute Gasteiger partial charge is 0.103 e. The highest BCUT2D eigenvalue weighted by Crippen LogP contribution is 2.51. The number of hydrogen-bond acceptors (Lipinski definition) is 0. The summed E-state index contributed by atoms with van der Waals surface area (Å²) in [5.74, 6) is 13.3. The van der Waals surface area contributed by atoms with E-state index in [1.165, 1.54) is 225 Å². The van der Waals surface area contributed by atoms with Crippen LogP contribution in [0, 0.1) is 107 Å². The molecule has 9 nitrogen and oxygen atoms in total.